The summed E-state index contributed by atoms with van der Waals surface area (Å²) < 4.78 is 0. The number of nitrogens with zero attached hydrogens (tertiary/aromatic N) is 2. The Hall–Kier alpha value is -3.37. The predicted octanol–water partition coefficient (Wildman–Crippen LogP) is -5.53. The number of hydrogen-bond acceptors (Lipinski definition) is 12. The first-order valence-electron chi connectivity index (χ1n) is 8.81. The number of nitrogens with one attached hydrogen (secondary N) is 2. The van der Waals surface area contributed by atoms with Gasteiger partial charge in [-0.25, -0.2) is 14.8 Å². The molecule has 0 unspecified atom stereocenters. The van der Waals surface area contributed by atoms with Crippen LogP contribution in [-0.4, -0.2) is 117 Å². The van der Waals surface area contributed by atoms with Crippen molar-refractivity contribution in [1.82, 2.24) is 19.9 Å². The van der Waals surface area contributed by atoms with E-state index in [1.807, 2.05) is 0 Å². The molecule has 2 rings (SSSR count). The van der Waals surface area contributed by atoms with E-state index in [9.17, 15) is 24.6 Å². The average molecular weight is 549 g/mol. The number of carbonyl (C=O) groups is 3. The third kappa shape index (κ3) is 14.6. The number of aliphatic hydroxyl groups is 5. The quantitative estimate of drug-likeness (QED) is 0.107. The van der Waals surface area contributed by atoms with Crippen LogP contribution >= 0.6 is 0 Å². The van der Waals surface area contributed by atoms with Gasteiger partial charge in [0, 0.05) is 12.4 Å². The van der Waals surface area contributed by atoms with Crippen molar-refractivity contribution >= 4 is 47.1 Å². The van der Waals surface area contributed by atoms with Crippen molar-refractivity contribution in [3.8, 4) is 0 Å². The molecule has 0 aliphatic heterocycles. The molecule has 34 heavy (non-hydrogen) atoms. The van der Waals surface area contributed by atoms with E-state index in [4.69, 9.17) is 30.6 Å². The van der Waals surface area contributed by atoms with Crippen LogP contribution in [0.25, 0.3) is 12.2 Å². The molecule has 0 aromatic carbocycles. The summed E-state index contributed by atoms with van der Waals surface area (Å²) in [7, 11) is 0. The number of rotatable bonds is 9. The van der Waals surface area contributed by atoms with E-state index >= 15 is 0 Å². The van der Waals surface area contributed by atoms with E-state index in [-0.39, 0.29) is 17.1 Å². The molecule has 186 valence electrons. The number of carboxylic acids is 3. The van der Waals surface area contributed by atoms with Gasteiger partial charge in [-0.3, -0.25) is 0 Å². The maximum absolute atomic E-state index is 10.1. The van der Waals surface area contributed by atoms with Crippen molar-refractivity contribution in [3.63, 3.8) is 0 Å². The summed E-state index contributed by atoms with van der Waals surface area (Å²) in [6.45, 7) is -0.843. The number of carbonyl (C=O) groups excluding carboxylic acids is 2. The van der Waals surface area contributed by atoms with Crippen LogP contribution in [-0.2, 0) is 14.4 Å². The molecule has 0 amide bonds. The maximum atomic E-state index is 10.1. The Balaban J connectivity index is 0. The summed E-state index contributed by atoms with van der Waals surface area (Å²) in [5.41, 5.74) is 1.15. The molecule has 0 saturated carbocycles. The van der Waals surface area contributed by atoms with Gasteiger partial charge >= 0.3 is 23.0 Å². The standard InChI is InChI=1S/2C6H6N2O2.C6H12O7.Se/c2*9-6(10)2-1-5-3-7-4-8-5;7-1-2(8)3(9)4(10)5(11)6(12)13;/h2*1-4H,(H,7,8)(H,9,10);2-5,7-11H,1H2,(H,12,13);/q;;;+2/p-2/t;;2-,3-,4+,5-;/m..1./s1. The molecule has 0 fully saturated rings. The Kier molecular flexibility index (Phi) is 17.5. The SMILES string of the molecule is O=C(O)[C@H](O)[C@@H](O)[C@H](O)[C@H](O)CO.O=C([O-])C=Cc1c[nH]cn1.O=C([O-])C=Cc1c[nH]cn1.[Se+2]. The van der Waals surface area contributed by atoms with Crippen LogP contribution in [0.4, 0.5) is 0 Å². The van der Waals surface area contributed by atoms with Crippen LogP contribution in [0.2, 0.25) is 0 Å². The van der Waals surface area contributed by atoms with Gasteiger partial charge in [0.25, 0.3) is 0 Å². The maximum Gasteiger partial charge on any atom is 2.00 e. The molecule has 0 aliphatic rings. The van der Waals surface area contributed by atoms with Gasteiger partial charge < -0.3 is 60.4 Å². The number of hydrogen-bond donors (Lipinski definition) is 8. The van der Waals surface area contributed by atoms with Crippen molar-refractivity contribution in [2.75, 3.05) is 6.61 Å². The van der Waals surface area contributed by atoms with Gasteiger partial charge in [0.1, 0.15) is 18.3 Å². The molecule has 15 nitrogen and oxygen atoms in total. The number of H-pyrrole nitrogens is 2. The number of imidazole rings is 2. The molecule has 0 aliphatic carbocycles. The summed E-state index contributed by atoms with van der Waals surface area (Å²) in [5.74, 6) is -4.16. The molecule has 8 N–H and O–H groups in total. The summed E-state index contributed by atoms with van der Waals surface area (Å²) in [4.78, 5) is 42.7. The molecule has 4 atom stereocenters. The molecule has 2 aromatic rings. The van der Waals surface area contributed by atoms with Crippen molar-refractivity contribution in [2.45, 2.75) is 24.4 Å². The van der Waals surface area contributed by atoms with Crippen LogP contribution in [0, 0.1) is 0 Å². The van der Waals surface area contributed by atoms with E-state index < -0.39 is 48.9 Å². The minimum Gasteiger partial charge on any atom is -0.545 e. The van der Waals surface area contributed by atoms with E-state index in [0.29, 0.717) is 11.4 Å². The fraction of sp³-hybridized carbons (Fsp3) is 0.278. The molecule has 16 heteroatoms. The molecule has 0 spiro atoms. The molecular weight excluding hydrogens is 527 g/mol. The van der Waals surface area contributed by atoms with Gasteiger partial charge in [-0.15, -0.1) is 0 Å². The zero-order valence-electron chi connectivity index (χ0n) is 17.2. The minimum absolute atomic E-state index is 0. The van der Waals surface area contributed by atoms with Gasteiger partial charge in [0.05, 0.1) is 42.6 Å². The van der Waals surface area contributed by atoms with Crippen molar-refractivity contribution in [1.29, 1.82) is 0 Å². The first-order valence-corrected chi connectivity index (χ1v) is 8.81. The Labute approximate surface area is 202 Å². The summed E-state index contributed by atoms with van der Waals surface area (Å²) >= 11 is 0. The number of aromatic nitrogens is 4. The van der Waals surface area contributed by atoms with Crippen LogP contribution in [0.5, 0.6) is 0 Å². The largest absolute Gasteiger partial charge is 2.00 e. The zero-order chi connectivity index (χ0) is 25.4. The van der Waals surface area contributed by atoms with Gasteiger partial charge in [0.15, 0.2) is 6.10 Å². The number of aliphatic hydroxyl groups excluding tert-OH is 5. The van der Waals surface area contributed by atoms with Gasteiger partial charge in [-0.2, -0.15) is 0 Å². The molecule has 2 heterocycles. The second-order valence-electron chi connectivity index (χ2n) is 5.81. The van der Waals surface area contributed by atoms with Gasteiger partial charge in [0.2, 0.25) is 0 Å². The van der Waals surface area contributed by atoms with E-state index in [1.54, 1.807) is 12.4 Å². The van der Waals surface area contributed by atoms with E-state index in [0.717, 1.165) is 12.2 Å². The second kappa shape index (κ2) is 18.1. The first kappa shape index (κ1) is 32.8. The van der Waals surface area contributed by atoms with Crippen molar-refractivity contribution in [2.24, 2.45) is 0 Å². The third-order valence-electron chi connectivity index (χ3n) is 3.33. The molecule has 2 aromatic heterocycles. The Morgan fingerprint density at radius 2 is 1.29 bits per heavy atom. The average Bonchev–Trinajstić information content (AvgIpc) is 3.49. The van der Waals surface area contributed by atoms with Gasteiger partial charge in [-0.1, -0.05) is 0 Å². The van der Waals surface area contributed by atoms with Crippen LogP contribution in [0.15, 0.2) is 37.2 Å². The Morgan fingerprint density at radius 1 is 0.882 bits per heavy atom. The minimum atomic E-state index is -2.20. The smallest absolute Gasteiger partial charge is 0.545 e. The van der Waals surface area contributed by atoms with E-state index in [1.165, 1.54) is 24.8 Å². The fourth-order valence-electron chi connectivity index (χ4n) is 1.70. The topological polar surface area (TPSA) is 276 Å². The number of carboxylic acid groups (broad SMARTS) is 3. The third-order valence-corrected chi connectivity index (χ3v) is 3.33. The van der Waals surface area contributed by atoms with Crippen LogP contribution in [0.1, 0.15) is 11.4 Å². The summed E-state index contributed by atoms with van der Waals surface area (Å²) in [5, 5.41) is 71.5. The Bertz CT molecular complexity index is 834. The first-order chi connectivity index (χ1) is 15.5. The normalized spacial score (nSPS) is 13.9. The molecule has 0 bridgehead atoms. The summed E-state index contributed by atoms with van der Waals surface area (Å²) in [6.07, 6.45) is 2.82. The molecule has 0 saturated heterocycles. The van der Waals surface area contributed by atoms with Crippen LogP contribution < -0.4 is 10.2 Å². The fourth-order valence-corrected chi connectivity index (χ4v) is 1.70. The number of aromatic amines is 2. The molecule has 4 radical (unpaired) electrons. The number of aliphatic carboxylic acids is 3. The second-order valence-corrected chi connectivity index (χ2v) is 5.81. The monoisotopic (exact) mass is 550 g/mol. The van der Waals surface area contributed by atoms with Gasteiger partial charge in [-0.05, 0) is 24.3 Å². The molecular formula is C18H22N4O11Se. The van der Waals surface area contributed by atoms with Crippen molar-refractivity contribution in [3.05, 3.63) is 48.6 Å². The van der Waals surface area contributed by atoms with Crippen molar-refractivity contribution < 1.29 is 55.2 Å². The predicted molar refractivity (Wildman–Crippen MR) is 110 cm³/mol. The Morgan fingerprint density at radius 3 is 1.56 bits per heavy atom. The summed E-state index contributed by atoms with van der Waals surface area (Å²) in [6, 6.07) is 0. The zero-order valence-corrected chi connectivity index (χ0v) is 18.9. The van der Waals surface area contributed by atoms with E-state index in [2.05, 4.69) is 19.9 Å². The van der Waals surface area contributed by atoms with Crippen LogP contribution in [0.3, 0.4) is 0 Å².